The second-order valence-electron chi connectivity index (χ2n) is 5.14. The molecule has 0 aromatic heterocycles. The molecule has 110 valence electrons. The highest BCUT2D eigenvalue weighted by molar-refractivity contribution is 9.10. The van der Waals surface area contributed by atoms with Crippen molar-refractivity contribution in [3.8, 4) is 0 Å². The largest absolute Gasteiger partial charge is 0.368 e. The number of benzene rings is 1. The van der Waals surface area contributed by atoms with E-state index >= 15 is 0 Å². The Morgan fingerprint density at radius 2 is 2.00 bits per heavy atom. The van der Waals surface area contributed by atoms with Gasteiger partial charge in [-0.05, 0) is 31.0 Å². The quantitative estimate of drug-likeness (QED) is 0.918. The van der Waals surface area contributed by atoms with Crippen LogP contribution in [0.25, 0.3) is 0 Å². The molecule has 2 amide bonds. The lowest BCUT2D eigenvalue weighted by molar-refractivity contribution is 0.194. The molecular weight excluding hydrogens is 318 g/mol. The summed E-state index contributed by atoms with van der Waals surface area (Å²) >= 11 is 3.58. The van der Waals surface area contributed by atoms with Gasteiger partial charge in [0, 0.05) is 42.9 Å². The van der Waals surface area contributed by atoms with Crippen LogP contribution in [0.3, 0.4) is 0 Å². The average molecular weight is 340 g/mol. The minimum Gasteiger partial charge on any atom is -0.368 e. The van der Waals surface area contributed by atoms with Gasteiger partial charge < -0.3 is 15.1 Å². The highest BCUT2D eigenvalue weighted by Crippen LogP contribution is 2.24. The maximum atomic E-state index is 11.9. The maximum Gasteiger partial charge on any atom is 0.317 e. The minimum atomic E-state index is 0.0663. The number of hydrogen-bond acceptors (Lipinski definition) is 2. The zero-order valence-corrected chi connectivity index (χ0v) is 13.7. The molecule has 1 N–H and O–H groups in total. The molecule has 0 aliphatic carbocycles. The fourth-order valence-corrected chi connectivity index (χ4v) is 2.66. The number of anilines is 1. The number of carbonyl (C=O) groups is 1. The van der Waals surface area contributed by atoms with E-state index in [1.54, 1.807) is 0 Å². The normalized spacial score (nSPS) is 15.3. The Kier molecular flexibility index (Phi) is 5.29. The molecule has 0 spiro atoms. The Morgan fingerprint density at radius 1 is 1.30 bits per heavy atom. The molecule has 0 saturated carbocycles. The van der Waals surface area contributed by atoms with Gasteiger partial charge in [0.25, 0.3) is 0 Å². The fourth-order valence-electron chi connectivity index (χ4n) is 2.29. The molecule has 1 aliphatic rings. The van der Waals surface area contributed by atoms with Gasteiger partial charge in [0.1, 0.15) is 0 Å². The molecule has 0 bridgehead atoms. The molecule has 1 heterocycles. The Labute approximate surface area is 129 Å². The van der Waals surface area contributed by atoms with Crippen molar-refractivity contribution in [2.75, 3.05) is 37.6 Å². The lowest BCUT2D eigenvalue weighted by Crippen LogP contribution is -2.52. The summed E-state index contributed by atoms with van der Waals surface area (Å²) in [4.78, 5) is 16.1. The van der Waals surface area contributed by atoms with Crippen molar-refractivity contribution in [2.45, 2.75) is 20.3 Å². The van der Waals surface area contributed by atoms with Crippen LogP contribution in [0.2, 0.25) is 0 Å². The van der Waals surface area contributed by atoms with Gasteiger partial charge in [-0.2, -0.15) is 0 Å². The van der Waals surface area contributed by atoms with Gasteiger partial charge in [-0.3, -0.25) is 0 Å². The van der Waals surface area contributed by atoms with E-state index in [1.807, 2.05) is 4.90 Å². The first-order valence-electron chi connectivity index (χ1n) is 7.15. The third-order valence-electron chi connectivity index (χ3n) is 3.61. The van der Waals surface area contributed by atoms with Crippen molar-refractivity contribution < 1.29 is 4.79 Å². The Morgan fingerprint density at radius 3 is 2.60 bits per heavy atom. The molecule has 1 aliphatic heterocycles. The fraction of sp³-hybridized carbons (Fsp3) is 0.533. The first kappa shape index (κ1) is 15.2. The summed E-state index contributed by atoms with van der Waals surface area (Å²) in [5.41, 5.74) is 2.46. The number of aryl methyl sites for hydroxylation is 1. The minimum absolute atomic E-state index is 0.0663. The van der Waals surface area contributed by atoms with Crippen LogP contribution >= 0.6 is 15.9 Å². The van der Waals surface area contributed by atoms with Crippen molar-refractivity contribution in [1.29, 1.82) is 0 Å². The lowest BCUT2D eigenvalue weighted by Gasteiger charge is -2.36. The van der Waals surface area contributed by atoms with Gasteiger partial charge in [0.2, 0.25) is 0 Å². The van der Waals surface area contributed by atoms with E-state index in [4.69, 9.17) is 0 Å². The van der Waals surface area contributed by atoms with Crippen LogP contribution in [0.15, 0.2) is 22.7 Å². The van der Waals surface area contributed by atoms with E-state index < -0.39 is 0 Å². The van der Waals surface area contributed by atoms with Crippen molar-refractivity contribution in [3.63, 3.8) is 0 Å². The lowest BCUT2D eigenvalue weighted by atomic mass is 10.2. The predicted molar refractivity (Wildman–Crippen MR) is 86.4 cm³/mol. The molecule has 2 rings (SSSR count). The molecule has 4 nitrogen and oxygen atoms in total. The summed E-state index contributed by atoms with van der Waals surface area (Å²) in [7, 11) is 0. The van der Waals surface area contributed by atoms with Crippen molar-refractivity contribution in [3.05, 3.63) is 28.2 Å². The highest BCUT2D eigenvalue weighted by atomic mass is 79.9. The Bertz CT molecular complexity index is 470. The molecule has 0 radical (unpaired) electrons. The third kappa shape index (κ3) is 3.66. The number of nitrogens with zero attached hydrogens (tertiary/aromatic N) is 2. The second-order valence-corrected chi connectivity index (χ2v) is 5.99. The number of rotatable bonds is 3. The molecule has 1 fully saturated rings. The topological polar surface area (TPSA) is 35.6 Å². The van der Waals surface area contributed by atoms with Crippen LogP contribution in [0.5, 0.6) is 0 Å². The number of nitrogens with one attached hydrogen (secondary N) is 1. The number of halogens is 1. The number of urea groups is 1. The summed E-state index contributed by atoms with van der Waals surface area (Å²) in [5.74, 6) is 0. The van der Waals surface area contributed by atoms with Crippen LogP contribution in [0, 0.1) is 6.92 Å². The van der Waals surface area contributed by atoms with Crippen LogP contribution in [0.4, 0.5) is 10.5 Å². The summed E-state index contributed by atoms with van der Waals surface area (Å²) in [6.07, 6.45) is 0.975. The zero-order valence-electron chi connectivity index (χ0n) is 12.2. The van der Waals surface area contributed by atoms with Gasteiger partial charge in [-0.1, -0.05) is 28.9 Å². The van der Waals surface area contributed by atoms with Crippen LogP contribution < -0.4 is 10.2 Å². The van der Waals surface area contributed by atoms with Crippen LogP contribution in [0.1, 0.15) is 18.9 Å². The third-order valence-corrected chi connectivity index (χ3v) is 4.47. The number of hydrogen-bond donors (Lipinski definition) is 1. The van der Waals surface area contributed by atoms with Gasteiger partial charge in [0.05, 0.1) is 0 Å². The smallest absolute Gasteiger partial charge is 0.317 e. The SMILES string of the molecule is CCCNC(=O)N1CCN(c2ccc(C)c(Br)c2)CC1. The van der Waals surface area contributed by atoms with E-state index in [-0.39, 0.29) is 6.03 Å². The van der Waals surface area contributed by atoms with E-state index in [1.165, 1.54) is 11.3 Å². The molecule has 1 aromatic rings. The number of piperazine rings is 1. The molecule has 1 aromatic carbocycles. The van der Waals surface area contributed by atoms with Crippen molar-refractivity contribution in [1.82, 2.24) is 10.2 Å². The van der Waals surface area contributed by atoms with E-state index in [0.29, 0.717) is 0 Å². The molecule has 0 unspecified atom stereocenters. The first-order valence-corrected chi connectivity index (χ1v) is 7.95. The van der Waals surface area contributed by atoms with Gasteiger partial charge in [0.15, 0.2) is 0 Å². The zero-order chi connectivity index (χ0) is 14.5. The van der Waals surface area contributed by atoms with Gasteiger partial charge in [-0.15, -0.1) is 0 Å². The predicted octanol–water partition coefficient (Wildman–Crippen LogP) is 3.00. The molecule has 0 atom stereocenters. The number of carbonyl (C=O) groups excluding carboxylic acids is 1. The Balaban J connectivity index is 1.90. The standard InChI is InChI=1S/C15H22BrN3O/c1-3-6-17-15(20)19-9-7-18(8-10-19)13-5-4-12(2)14(16)11-13/h4-5,11H,3,6-10H2,1-2H3,(H,17,20). The Hall–Kier alpha value is -1.23. The summed E-state index contributed by atoms with van der Waals surface area (Å²) in [5, 5.41) is 2.93. The number of amides is 2. The average Bonchev–Trinajstić information content (AvgIpc) is 2.48. The molecule has 5 heteroatoms. The summed E-state index contributed by atoms with van der Waals surface area (Å²) < 4.78 is 1.14. The van der Waals surface area contributed by atoms with Crippen molar-refractivity contribution >= 4 is 27.6 Å². The van der Waals surface area contributed by atoms with Crippen molar-refractivity contribution in [2.24, 2.45) is 0 Å². The van der Waals surface area contributed by atoms with E-state index in [0.717, 1.165) is 43.6 Å². The second kappa shape index (κ2) is 6.97. The van der Waals surface area contributed by atoms with E-state index in [9.17, 15) is 4.79 Å². The highest BCUT2D eigenvalue weighted by Gasteiger charge is 2.21. The van der Waals surface area contributed by atoms with Gasteiger partial charge >= 0.3 is 6.03 Å². The summed E-state index contributed by atoms with van der Waals surface area (Å²) in [6, 6.07) is 6.49. The van der Waals surface area contributed by atoms with Crippen LogP contribution in [-0.2, 0) is 0 Å². The first-order chi connectivity index (χ1) is 9.61. The van der Waals surface area contributed by atoms with E-state index in [2.05, 4.69) is 58.2 Å². The summed E-state index contributed by atoms with van der Waals surface area (Å²) in [6.45, 7) is 8.23. The molecular formula is C15H22BrN3O. The van der Waals surface area contributed by atoms with Gasteiger partial charge in [-0.25, -0.2) is 4.79 Å². The molecule has 1 saturated heterocycles. The van der Waals surface area contributed by atoms with Crippen LogP contribution in [-0.4, -0.2) is 43.7 Å². The maximum absolute atomic E-state index is 11.9. The molecule has 20 heavy (non-hydrogen) atoms. The monoisotopic (exact) mass is 339 g/mol.